The van der Waals surface area contributed by atoms with Gasteiger partial charge in [0, 0.05) is 54.0 Å². The molecule has 0 aliphatic carbocycles. The first-order chi connectivity index (χ1) is 6.41. The molecule has 1 heterocycles. The van der Waals surface area contributed by atoms with Gasteiger partial charge >= 0.3 is 0 Å². The molecule has 0 spiro atoms. The topological polar surface area (TPSA) is 32.3 Å². The molecule has 0 saturated carbocycles. The van der Waals surface area contributed by atoms with Crippen molar-refractivity contribution >= 4 is 10.8 Å². The zero-order valence-electron chi connectivity index (χ0n) is 9.67. The zero-order valence-corrected chi connectivity index (χ0v) is 10.5. The van der Waals surface area contributed by atoms with Crippen LogP contribution >= 0.6 is 0 Å². The molecule has 1 fully saturated rings. The van der Waals surface area contributed by atoms with Gasteiger partial charge in [0.25, 0.3) is 0 Å². The van der Waals surface area contributed by atoms with E-state index >= 15 is 0 Å². The Kier molecular flexibility index (Phi) is 4.10. The first kappa shape index (κ1) is 12.1. The molecule has 1 saturated heterocycles. The standard InChI is InChI=1S/C10H22N2OS/c1-9(7-14(4)13)12-6-5-11-10(2,3)8-12/h9,11H,5-8H2,1-4H3. The third-order valence-corrected chi connectivity index (χ3v) is 3.65. The van der Waals surface area contributed by atoms with Crippen molar-refractivity contribution in [2.24, 2.45) is 0 Å². The van der Waals surface area contributed by atoms with Gasteiger partial charge in [-0.1, -0.05) is 0 Å². The Morgan fingerprint density at radius 3 is 2.71 bits per heavy atom. The molecule has 2 unspecified atom stereocenters. The number of hydrogen-bond acceptors (Lipinski definition) is 3. The lowest BCUT2D eigenvalue weighted by atomic mass is 10.0. The lowest BCUT2D eigenvalue weighted by molar-refractivity contribution is 0.126. The second-order valence-electron chi connectivity index (χ2n) is 4.87. The highest BCUT2D eigenvalue weighted by atomic mass is 32.2. The van der Waals surface area contributed by atoms with Crippen molar-refractivity contribution in [2.45, 2.75) is 32.4 Å². The Morgan fingerprint density at radius 2 is 2.21 bits per heavy atom. The third kappa shape index (κ3) is 3.67. The Balaban J connectivity index is 2.47. The molecule has 1 aliphatic rings. The van der Waals surface area contributed by atoms with E-state index in [0.29, 0.717) is 6.04 Å². The molecule has 1 rings (SSSR count). The maximum absolute atomic E-state index is 11.1. The molecular weight excluding hydrogens is 196 g/mol. The van der Waals surface area contributed by atoms with E-state index < -0.39 is 10.8 Å². The summed E-state index contributed by atoms with van der Waals surface area (Å²) in [6.07, 6.45) is 1.78. The van der Waals surface area contributed by atoms with Crippen molar-refractivity contribution in [3.63, 3.8) is 0 Å². The predicted molar refractivity (Wildman–Crippen MR) is 62.1 cm³/mol. The van der Waals surface area contributed by atoms with Gasteiger partial charge in [-0.05, 0) is 20.8 Å². The summed E-state index contributed by atoms with van der Waals surface area (Å²) < 4.78 is 11.1. The average molecular weight is 218 g/mol. The molecule has 0 amide bonds. The fraction of sp³-hybridized carbons (Fsp3) is 1.00. The molecular formula is C10H22N2OS. The van der Waals surface area contributed by atoms with Crippen LogP contribution in [0.5, 0.6) is 0 Å². The van der Waals surface area contributed by atoms with Crippen molar-refractivity contribution in [1.29, 1.82) is 0 Å². The van der Waals surface area contributed by atoms with Crippen molar-refractivity contribution in [2.75, 3.05) is 31.6 Å². The van der Waals surface area contributed by atoms with E-state index in [1.54, 1.807) is 6.26 Å². The highest BCUT2D eigenvalue weighted by Crippen LogP contribution is 2.13. The van der Waals surface area contributed by atoms with Crippen LogP contribution in [0.3, 0.4) is 0 Å². The molecule has 1 N–H and O–H groups in total. The molecule has 1 aliphatic heterocycles. The number of rotatable bonds is 3. The predicted octanol–water partition coefficient (Wildman–Crippen LogP) is 0.437. The van der Waals surface area contributed by atoms with Crippen molar-refractivity contribution in [1.82, 2.24) is 10.2 Å². The van der Waals surface area contributed by atoms with Gasteiger partial charge in [0.2, 0.25) is 0 Å². The fourth-order valence-corrected chi connectivity index (χ4v) is 2.89. The maximum Gasteiger partial charge on any atom is 0.0385 e. The Hall–Kier alpha value is 0.0700. The van der Waals surface area contributed by atoms with Crippen LogP contribution in [-0.4, -0.2) is 52.3 Å². The quantitative estimate of drug-likeness (QED) is 0.746. The van der Waals surface area contributed by atoms with Gasteiger partial charge in [-0.2, -0.15) is 0 Å². The van der Waals surface area contributed by atoms with Crippen LogP contribution in [0.4, 0.5) is 0 Å². The summed E-state index contributed by atoms with van der Waals surface area (Å²) in [6.45, 7) is 9.76. The molecule has 0 aromatic carbocycles. The van der Waals surface area contributed by atoms with Crippen LogP contribution in [0.15, 0.2) is 0 Å². The Morgan fingerprint density at radius 1 is 1.57 bits per heavy atom. The largest absolute Gasteiger partial charge is 0.309 e. The van der Waals surface area contributed by atoms with Gasteiger partial charge in [0.05, 0.1) is 0 Å². The fourth-order valence-electron chi connectivity index (χ4n) is 2.00. The van der Waals surface area contributed by atoms with E-state index in [-0.39, 0.29) is 5.54 Å². The first-order valence-electron chi connectivity index (χ1n) is 5.20. The molecule has 4 heteroatoms. The summed E-state index contributed by atoms with van der Waals surface area (Å²) in [5.74, 6) is 0.788. The molecule has 0 aromatic heterocycles. The molecule has 0 radical (unpaired) electrons. The molecule has 0 bridgehead atoms. The van der Waals surface area contributed by atoms with Crippen LogP contribution in [0, 0.1) is 0 Å². The van der Waals surface area contributed by atoms with Crippen LogP contribution in [-0.2, 0) is 10.8 Å². The van der Waals surface area contributed by atoms with Crippen molar-refractivity contribution in [3.8, 4) is 0 Å². The number of nitrogens with zero attached hydrogens (tertiary/aromatic N) is 1. The molecule has 3 nitrogen and oxygen atoms in total. The van der Waals surface area contributed by atoms with Crippen LogP contribution in [0.2, 0.25) is 0 Å². The molecule has 0 aromatic rings. The third-order valence-electron chi connectivity index (χ3n) is 2.70. The number of nitrogens with one attached hydrogen (secondary N) is 1. The van der Waals surface area contributed by atoms with Crippen LogP contribution in [0.1, 0.15) is 20.8 Å². The highest BCUT2D eigenvalue weighted by molar-refractivity contribution is 7.84. The normalized spacial score (nSPS) is 27.1. The van der Waals surface area contributed by atoms with E-state index in [4.69, 9.17) is 0 Å². The molecule has 84 valence electrons. The smallest absolute Gasteiger partial charge is 0.0385 e. The second-order valence-corrected chi connectivity index (χ2v) is 6.35. The van der Waals surface area contributed by atoms with E-state index in [9.17, 15) is 4.21 Å². The van der Waals surface area contributed by atoms with E-state index in [1.165, 1.54) is 0 Å². The van der Waals surface area contributed by atoms with Gasteiger partial charge in [-0.3, -0.25) is 9.11 Å². The maximum atomic E-state index is 11.1. The van der Waals surface area contributed by atoms with Crippen LogP contribution in [0.25, 0.3) is 0 Å². The summed E-state index contributed by atoms with van der Waals surface area (Å²) in [4.78, 5) is 2.43. The molecule has 2 atom stereocenters. The Bertz CT molecular complexity index is 218. The van der Waals surface area contributed by atoms with E-state index in [1.807, 2.05) is 0 Å². The second kappa shape index (κ2) is 4.73. The minimum absolute atomic E-state index is 0.196. The van der Waals surface area contributed by atoms with Gasteiger partial charge in [-0.25, -0.2) is 0 Å². The number of piperazine rings is 1. The van der Waals surface area contributed by atoms with Gasteiger partial charge in [0.15, 0.2) is 0 Å². The lowest BCUT2D eigenvalue weighted by Gasteiger charge is -2.41. The first-order valence-corrected chi connectivity index (χ1v) is 6.92. The minimum Gasteiger partial charge on any atom is -0.309 e. The van der Waals surface area contributed by atoms with Gasteiger partial charge < -0.3 is 5.32 Å². The molecule has 14 heavy (non-hydrogen) atoms. The summed E-state index contributed by atoms with van der Waals surface area (Å²) in [5, 5.41) is 3.48. The zero-order chi connectivity index (χ0) is 10.8. The van der Waals surface area contributed by atoms with Crippen molar-refractivity contribution in [3.05, 3.63) is 0 Å². The Labute approximate surface area is 89.7 Å². The van der Waals surface area contributed by atoms with Crippen LogP contribution < -0.4 is 5.32 Å². The minimum atomic E-state index is -0.684. The summed E-state index contributed by atoms with van der Waals surface area (Å²) in [7, 11) is -0.684. The monoisotopic (exact) mass is 218 g/mol. The summed E-state index contributed by atoms with van der Waals surface area (Å²) in [6, 6.07) is 0.433. The number of hydrogen-bond donors (Lipinski definition) is 1. The lowest BCUT2D eigenvalue weighted by Crippen LogP contribution is -2.59. The van der Waals surface area contributed by atoms with E-state index in [2.05, 4.69) is 31.0 Å². The SMILES string of the molecule is CC(CS(C)=O)N1CCNC(C)(C)C1. The summed E-state index contributed by atoms with van der Waals surface area (Å²) >= 11 is 0. The average Bonchev–Trinajstić information content (AvgIpc) is 2.01. The van der Waals surface area contributed by atoms with Crippen molar-refractivity contribution < 1.29 is 4.21 Å². The highest BCUT2D eigenvalue weighted by Gasteiger charge is 2.28. The van der Waals surface area contributed by atoms with E-state index in [0.717, 1.165) is 25.4 Å². The van der Waals surface area contributed by atoms with Gasteiger partial charge in [0.1, 0.15) is 0 Å². The van der Waals surface area contributed by atoms with Gasteiger partial charge in [-0.15, -0.1) is 0 Å². The summed E-state index contributed by atoms with van der Waals surface area (Å²) in [5.41, 5.74) is 0.196.